The summed E-state index contributed by atoms with van der Waals surface area (Å²) in [5.74, 6) is 0.898. The van der Waals surface area contributed by atoms with Crippen LogP contribution in [-0.2, 0) is 5.54 Å². The van der Waals surface area contributed by atoms with Gasteiger partial charge in [-0.2, -0.15) is 5.10 Å². The molecule has 6 heteroatoms. The number of nitrogens with one attached hydrogen (secondary N) is 1. The van der Waals surface area contributed by atoms with Crippen LogP contribution in [0.25, 0.3) is 0 Å². The Kier molecular flexibility index (Phi) is 5.56. The third-order valence-corrected chi connectivity index (χ3v) is 5.12. The highest BCUT2D eigenvalue weighted by Gasteiger charge is 2.29. The number of likely N-dealkylation sites (tertiary alicyclic amines) is 1. The number of carbonyl (C=O) groups excluding carboxylic acids is 1. The second kappa shape index (κ2) is 7.72. The predicted molar refractivity (Wildman–Crippen MR) is 107 cm³/mol. The minimum Gasteiger partial charge on any atom is -0.388 e. The molecule has 1 fully saturated rings. The van der Waals surface area contributed by atoms with Crippen molar-refractivity contribution in [3.05, 3.63) is 47.7 Å². The molecule has 2 heterocycles. The van der Waals surface area contributed by atoms with Gasteiger partial charge in [0.05, 0.1) is 17.3 Å². The number of piperidine rings is 1. The Labute approximate surface area is 161 Å². The number of carbonyl (C=O) groups is 1. The average Bonchev–Trinajstić information content (AvgIpc) is 3.02. The first-order valence-electron chi connectivity index (χ1n) is 9.62. The Hall–Kier alpha value is -2.34. The van der Waals surface area contributed by atoms with Gasteiger partial charge in [0.25, 0.3) is 0 Å². The van der Waals surface area contributed by atoms with E-state index in [-0.39, 0.29) is 17.5 Å². The molecule has 0 bridgehead atoms. The zero-order chi connectivity index (χ0) is 19.6. The number of hydrogen-bond donors (Lipinski definition) is 2. The van der Waals surface area contributed by atoms with Crippen molar-refractivity contribution in [2.45, 2.75) is 52.2 Å². The number of nitrogens with zero attached hydrogens (tertiary/aromatic N) is 3. The van der Waals surface area contributed by atoms with E-state index in [0.717, 1.165) is 29.9 Å². The van der Waals surface area contributed by atoms with Crippen molar-refractivity contribution in [2.24, 2.45) is 5.92 Å². The molecular formula is C21H30N4O2. The highest BCUT2D eigenvalue weighted by molar-refractivity contribution is 5.88. The largest absolute Gasteiger partial charge is 0.388 e. The normalized spacial score (nSPS) is 17.0. The lowest BCUT2D eigenvalue weighted by Gasteiger charge is -2.34. The lowest BCUT2D eigenvalue weighted by Crippen LogP contribution is -2.42. The molecule has 1 aliphatic heterocycles. The molecule has 2 amide bonds. The van der Waals surface area contributed by atoms with Crippen molar-refractivity contribution in [3.8, 4) is 0 Å². The van der Waals surface area contributed by atoms with Crippen LogP contribution in [0.15, 0.2) is 36.4 Å². The van der Waals surface area contributed by atoms with E-state index >= 15 is 0 Å². The number of rotatable bonds is 3. The Morgan fingerprint density at radius 1 is 1.22 bits per heavy atom. The summed E-state index contributed by atoms with van der Waals surface area (Å²) in [6.45, 7) is 9.39. The van der Waals surface area contributed by atoms with E-state index in [4.69, 9.17) is 0 Å². The van der Waals surface area contributed by atoms with Crippen LogP contribution in [0.1, 0.15) is 51.0 Å². The molecule has 27 heavy (non-hydrogen) atoms. The van der Waals surface area contributed by atoms with Crippen LogP contribution in [0.2, 0.25) is 0 Å². The SMILES string of the molecule is Cc1cc(NC(=O)N2CCC([C@H](O)c3ccccc3)CC2)n(C(C)(C)C)n1. The smallest absolute Gasteiger partial charge is 0.322 e. The standard InChI is InChI=1S/C21H30N4O2/c1-15-14-18(25(23-15)21(2,3)4)22-20(27)24-12-10-17(11-13-24)19(26)16-8-6-5-7-9-16/h5-9,14,17,19,26H,10-13H2,1-4H3,(H,22,27)/t19-/m1/s1. The Morgan fingerprint density at radius 3 is 2.44 bits per heavy atom. The van der Waals surface area contributed by atoms with Crippen LogP contribution in [0.3, 0.4) is 0 Å². The molecule has 0 spiro atoms. The van der Waals surface area contributed by atoms with E-state index in [1.807, 2.05) is 52.9 Å². The number of aliphatic hydroxyl groups is 1. The number of aromatic nitrogens is 2. The maximum Gasteiger partial charge on any atom is 0.322 e. The van der Waals surface area contributed by atoms with Gasteiger partial charge in [0, 0.05) is 19.2 Å². The number of hydrogen-bond acceptors (Lipinski definition) is 3. The number of urea groups is 1. The monoisotopic (exact) mass is 370 g/mol. The highest BCUT2D eigenvalue weighted by atomic mass is 16.3. The average molecular weight is 370 g/mol. The first kappa shape index (κ1) is 19.4. The van der Waals surface area contributed by atoms with Crippen molar-refractivity contribution in [2.75, 3.05) is 18.4 Å². The molecule has 1 aliphatic rings. The Morgan fingerprint density at radius 2 is 1.85 bits per heavy atom. The highest BCUT2D eigenvalue weighted by Crippen LogP contribution is 2.31. The fourth-order valence-corrected chi connectivity index (χ4v) is 3.63. The molecule has 2 aromatic rings. The van der Waals surface area contributed by atoms with E-state index in [1.165, 1.54) is 0 Å². The lowest BCUT2D eigenvalue weighted by molar-refractivity contribution is 0.0683. The van der Waals surface area contributed by atoms with Gasteiger partial charge in [0.15, 0.2) is 0 Å². The number of benzene rings is 1. The van der Waals surface area contributed by atoms with Crippen LogP contribution >= 0.6 is 0 Å². The molecule has 2 N–H and O–H groups in total. The topological polar surface area (TPSA) is 70.4 Å². The van der Waals surface area contributed by atoms with Crippen LogP contribution in [-0.4, -0.2) is 38.9 Å². The van der Waals surface area contributed by atoms with Gasteiger partial charge < -0.3 is 10.0 Å². The molecule has 0 unspecified atom stereocenters. The van der Waals surface area contributed by atoms with Crippen LogP contribution in [0.5, 0.6) is 0 Å². The molecular weight excluding hydrogens is 340 g/mol. The second-order valence-electron chi connectivity index (χ2n) is 8.36. The summed E-state index contributed by atoms with van der Waals surface area (Å²) in [6, 6.07) is 11.6. The van der Waals surface area contributed by atoms with Crippen molar-refractivity contribution in [1.82, 2.24) is 14.7 Å². The molecule has 0 radical (unpaired) electrons. The molecule has 0 saturated carbocycles. The molecule has 6 nitrogen and oxygen atoms in total. The third-order valence-electron chi connectivity index (χ3n) is 5.12. The van der Waals surface area contributed by atoms with Crippen LogP contribution in [0.4, 0.5) is 10.6 Å². The fourth-order valence-electron chi connectivity index (χ4n) is 3.63. The van der Waals surface area contributed by atoms with E-state index < -0.39 is 6.10 Å². The molecule has 1 atom stereocenters. The van der Waals surface area contributed by atoms with Gasteiger partial charge in [-0.3, -0.25) is 5.32 Å². The first-order chi connectivity index (χ1) is 12.8. The van der Waals surface area contributed by atoms with Crippen LogP contribution < -0.4 is 5.32 Å². The van der Waals surface area contributed by atoms with Gasteiger partial charge in [0.1, 0.15) is 5.82 Å². The first-order valence-corrected chi connectivity index (χ1v) is 9.62. The molecule has 3 rings (SSSR count). The van der Waals surface area contributed by atoms with Gasteiger partial charge in [-0.15, -0.1) is 0 Å². The number of anilines is 1. The van der Waals surface area contributed by atoms with Crippen molar-refractivity contribution >= 4 is 11.8 Å². The van der Waals surface area contributed by atoms with E-state index in [9.17, 15) is 9.90 Å². The van der Waals surface area contributed by atoms with E-state index in [0.29, 0.717) is 13.1 Å². The summed E-state index contributed by atoms with van der Waals surface area (Å²) in [6.07, 6.45) is 1.11. The number of aryl methyl sites for hydroxylation is 1. The summed E-state index contributed by atoms with van der Waals surface area (Å²) >= 11 is 0. The van der Waals surface area contributed by atoms with Crippen molar-refractivity contribution < 1.29 is 9.90 Å². The van der Waals surface area contributed by atoms with Crippen molar-refractivity contribution in [1.29, 1.82) is 0 Å². The second-order valence-corrected chi connectivity index (χ2v) is 8.36. The van der Waals surface area contributed by atoms with E-state index in [2.05, 4.69) is 31.2 Å². The zero-order valence-electron chi connectivity index (χ0n) is 16.6. The molecule has 1 saturated heterocycles. The van der Waals surface area contributed by atoms with Crippen LogP contribution in [0, 0.1) is 12.8 Å². The third kappa shape index (κ3) is 4.50. The van der Waals surface area contributed by atoms with Gasteiger partial charge >= 0.3 is 6.03 Å². The molecule has 0 aliphatic carbocycles. The van der Waals surface area contributed by atoms with Gasteiger partial charge in [-0.25, -0.2) is 9.48 Å². The quantitative estimate of drug-likeness (QED) is 0.860. The number of amides is 2. The molecule has 1 aromatic carbocycles. The summed E-state index contributed by atoms with van der Waals surface area (Å²) in [5, 5.41) is 18.1. The van der Waals surface area contributed by atoms with Gasteiger partial charge in [0.2, 0.25) is 0 Å². The lowest BCUT2D eigenvalue weighted by atomic mass is 9.87. The molecule has 1 aromatic heterocycles. The summed E-state index contributed by atoms with van der Waals surface area (Å²) in [7, 11) is 0. The Bertz CT molecular complexity index is 771. The summed E-state index contributed by atoms with van der Waals surface area (Å²) in [5.41, 5.74) is 1.62. The summed E-state index contributed by atoms with van der Waals surface area (Å²) < 4.78 is 1.85. The maximum atomic E-state index is 12.7. The van der Waals surface area contributed by atoms with Gasteiger partial charge in [-0.1, -0.05) is 30.3 Å². The fraction of sp³-hybridized carbons (Fsp3) is 0.524. The van der Waals surface area contributed by atoms with E-state index in [1.54, 1.807) is 0 Å². The minimum absolute atomic E-state index is 0.104. The van der Waals surface area contributed by atoms with Crippen molar-refractivity contribution in [3.63, 3.8) is 0 Å². The van der Waals surface area contributed by atoms with Gasteiger partial charge in [-0.05, 0) is 52.0 Å². The summed E-state index contributed by atoms with van der Waals surface area (Å²) in [4.78, 5) is 14.5. The maximum absolute atomic E-state index is 12.7. The minimum atomic E-state index is -0.471. The molecule has 146 valence electrons. The zero-order valence-corrected chi connectivity index (χ0v) is 16.6. The number of aliphatic hydroxyl groups excluding tert-OH is 1. The Balaban J connectivity index is 1.59. The predicted octanol–water partition coefficient (Wildman–Crippen LogP) is 3.92.